The molecule has 15 heavy (non-hydrogen) atoms. The minimum Gasteiger partial charge on any atom is -0.292 e. The molecular weight excluding hydrogens is 206 g/mol. The lowest BCUT2D eigenvalue weighted by molar-refractivity contribution is 0.244. The van der Waals surface area contributed by atoms with Crippen LogP contribution in [0.3, 0.4) is 0 Å². The van der Waals surface area contributed by atoms with Gasteiger partial charge in [-0.2, -0.15) is 5.10 Å². The summed E-state index contributed by atoms with van der Waals surface area (Å²) in [6.45, 7) is 3.22. The lowest BCUT2D eigenvalue weighted by Gasteiger charge is -2.25. The van der Waals surface area contributed by atoms with E-state index < -0.39 is 0 Å². The fourth-order valence-electron chi connectivity index (χ4n) is 2.03. The first-order chi connectivity index (χ1) is 7.42. The van der Waals surface area contributed by atoms with Gasteiger partial charge in [-0.15, -0.1) is 11.3 Å². The minimum atomic E-state index is 1.01. The Morgan fingerprint density at radius 1 is 1.53 bits per heavy atom. The van der Waals surface area contributed by atoms with Gasteiger partial charge in [0, 0.05) is 24.5 Å². The van der Waals surface area contributed by atoms with E-state index in [1.54, 1.807) is 0 Å². The average molecular weight is 219 g/mol. The second-order valence-electron chi connectivity index (χ2n) is 3.91. The van der Waals surface area contributed by atoms with Gasteiger partial charge >= 0.3 is 0 Å². The summed E-state index contributed by atoms with van der Waals surface area (Å²) < 4.78 is 0. The molecule has 0 aliphatic carbocycles. The first kappa shape index (κ1) is 9.12. The fraction of sp³-hybridized carbons (Fsp3) is 0.364. The Morgan fingerprint density at radius 2 is 2.53 bits per heavy atom. The molecule has 0 fully saturated rings. The van der Waals surface area contributed by atoms with E-state index in [-0.39, 0.29) is 0 Å². The Bertz CT molecular complexity index is 432. The molecule has 3 rings (SSSR count). The topological polar surface area (TPSA) is 31.9 Å². The summed E-state index contributed by atoms with van der Waals surface area (Å²) in [7, 11) is 0. The number of rotatable bonds is 2. The highest BCUT2D eigenvalue weighted by molar-refractivity contribution is 7.09. The normalized spacial score (nSPS) is 16.5. The third-order valence-electron chi connectivity index (χ3n) is 2.85. The summed E-state index contributed by atoms with van der Waals surface area (Å²) in [5, 5.41) is 9.30. The first-order valence-electron chi connectivity index (χ1n) is 5.17. The number of nitrogens with one attached hydrogen (secondary N) is 1. The SMILES string of the molecule is c1csc(CN2CCc3cn[nH]c3C2)c1. The molecule has 0 aromatic carbocycles. The first-order valence-corrected chi connectivity index (χ1v) is 6.05. The van der Waals surface area contributed by atoms with Gasteiger partial charge in [0.2, 0.25) is 0 Å². The van der Waals surface area contributed by atoms with E-state index >= 15 is 0 Å². The van der Waals surface area contributed by atoms with Gasteiger partial charge in [-0.05, 0) is 23.4 Å². The monoisotopic (exact) mass is 219 g/mol. The largest absolute Gasteiger partial charge is 0.292 e. The predicted octanol–water partition coefficient (Wildman–Crippen LogP) is 2.03. The molecule has 0 unspecified atom stereocenters. The highest BCUT2D eigenvalue weighted by Crippen LogP contribution is 2.19. The standard InChI is InChI=1S/C11H13N3S/c1-2-10(15-5-1)7-14-4-3-9-6-12-13-11(9)8-14/h1-2,5-6H,3-4,7-8H2,(H,12,13). The highest BCUT2D eigenvalue weighted by atomic mass is 32.1. The Balaban J connectivity index is 1.71. The number of aromatic nitrogens is 2. The van der Waals surface area contributed by atoms with Crippen LogP contribution in [-0.2, 0) is 19.5 Å². The summed E-state index contributed by atoms with van der Waals surface area (Å²) in [6.07, 6.45) is 3.08. The maximum Gasteiger partial charge on any atom is 0.0524 e. The van der Waals surface area contributed by atoms with Crippen molar-refractivity contribution >= 4 is 11.3 Å². The van der Waals surface area contributed by atoms with Crippen molar-refractivity contribution in [3.63, 3.8) is 0 Å². The van der Waals surface area contributed by atoms with Crippen LogP contribution in [0, 0.1) is 0 Å². The molecule has 78 valence electrons. The molecule has 4 heteroatoms. The molecule has 0 saturated carbocycles. The maximum atomic E-state index is 4.09. The van der Waals surface area contributed by atoms with Crippen LogP contribution in [0.15, 0.2) is 23.7 Å². The fourth-order valence-corrected chi connectivity index (χ4v) is 2.78. The summed E-state index contributed by atoms with van der Waals surface area (Å²) in [4.78, 5) is 3.91. The van der Waals surface area contributed by atoms with Crippen molar-refractivity contribution in [2.45, 2.75) is 19.5 Å². The van der Waals surface area contributed by atoms with E-state index in [0.29, 0.717) is 0 Å². The van der Waals surface area contributed by atoms with Gasteiger partial charge in [0.1, 0.15) is 0 Å². The second-order valence-corrected chi connectivity index (χ2v) is 4.95. The van der Waals surface area contributed by atoms with Crippen molar-refractivity contribution in [2.75, 3.05) is 6.54 Å². The molecule has 2 aromatic heterocycles. The molecule has 0 amide bonds. The molecule has 0 atom stereocenters. The van der Waals surface area contributed by atoms with Crippen molar-refractivity contribution in [3.05, 3.63) is 39.8 Å². The number of fused-ring (bicyclic) bond motifs is 1. The molecule has 3 nitrogen and oxygen atoms in total. The number of hydrogen-bond acceptors (Lipinski definition) is 3. The zero-order valence-electron chi connectivity index (χ0n) is 8.44. The number of nitrogens with zero attached hydrogens (tertiary/aromatic N) is 2. The zero-order valence-corrected chi connectivity index (χ0v) is 9.26. The number of H-pyrrole nitrogens is 1. The molecule has 0 radical (unpaired) electrons. The van der Waals surface area contributed by atoms with Crippen LogP contribution in [0.25, 0.3) is 0 Å². The van der Waals surface area contributed by atoms with E-state index in [1.807, 2.05) is 17.5 Å². The molecular formula is C11H13N3S. The number of aromatic amines is 1. The van der Waals surface area contributed by atoms with Crippen molar-refractivity contribution in [2.24, 2.45) is 0 Å². The van der Waals surface area contributed by atoms with E-state index in [9.17, 15) is 0 Å². The van der Waals surface area contributed by atoms with Crippen LogP contribution >= 0.6 is 11.3 Å². The Morgan fingerprint density at radius 3 is 3.40 bits per heavy atom. The smallest absolute Gasteiger partial charge is 0.0524 e. The molecule has 0 spiro atoms. The highest BCUT2D eigenvalue weighted by Gasteiger charge is 2.17. The molecule has 3 heterocycles. The summed E-state index contributed by atoms with van der Waals surface area (Å²) in [6, 6.07) is 4.32. The average Bonchev–Trinajstić information content (AvgIpc) is 2.87. The van der Waals surface area contributed by atoms with Crippen molar-refractivity contribution in [1.82, 2.24) is 15.1 Å². The van der Waals surface area contributed by atoms with Gasteiger partial charge in [-0.25, -0.2) is 0 Å². The van der Waals surface area contributed by atoms with E-state index in [1.165, 1.54) is 16.1 Å². The second kappa shape index (κ2) is 3.79. The number of thiophene rings is 1. The summed E-state index contributed by atoms with van der Waals surface area (Å²) >= 11 is 1.83. The molecule has 1 aliphatic rings. The van der Waals surface area contributed by atoms with E-state index in [0.717, 1.165) is 26.1 Å². The van der Waals surface area contributed by atoms with E-state index in [4.69, 9.17) is 0 Å². The Labute approximate surface area is 92.7 Å². The van der Waals surface area contributed by atoms with Gasteiger partial charge < -0.3 is 0 Å². The Kier molecular flexibility index (Phi) is 2.31. The predicted molar refractivity (Wildman–Crippen MR) is 60.7 cm³/mol. The van der Waals surface area contributed by atoms with Crippen LogP contribution in [0.2, 0.25) is 0 Å². The third kappa shape index (κ3) is 1.82. The van der Waals surface area contributed by atoms with Gasteiger partial charge in [-0.3, -0.25) is 10.00 Å². The van der Waals surface area contributed by atoms with Crippen molar-refractivity contribution in [3.8, 4) is 0 Å². The lowest BCUT2D eigenvalue weighted by atomic mass is 10.1. The summed E-state index contributed by atoms with van der Waals surface area (Å²) in [5.74, 6) is 0. The van der Waals surface area contributed by atoms with Crippen LogP contribution in [0.4, 0.5) is 0 Å². The molecule has 1 N–H and O–H groups in total. The minimum absolute atomic E-state index is 1.01. The molecule has 1 aliphatic heterocycles. The van der Waals surface area contributed by atoms with Crippen LogP contribution < -0.4 is 0 Å². The van der Waals surface area contributed by atoms with Gasteiger partial charge in [0.25, 0.3) is 0 Å². The zero-order chi connectivity index (χ0) is 10.1. The van der Waals surface area contributed by atoms with Gasteiger partial charge in [-0.1, -0.05) is 6.07 Å². The summed E-state index contributed by atoms with van der Waals surface area (Å²) in [5.41, 5.74) is 2.68. The van der Waals surface area contributed by atoms with Crippen LogP contribution in [0.1, 0.15) is 16.1 Å². The van der Waals surface area contributed by atoms with Crippen LogP contribution in [-0.4, -0.2) is 21.6 Å². The van der Waals surface area contributed by atoms with E-state index in [2.05, 4.69) is 32.6 Å². The van der Waals surface area contributed by atoms with Crippen molar-refractivity contribution < 1.29 is 0 Å². The quantitative estimate of drug-likeness (QED) is 0.838. The molecule has 0 bridgehead atoms. The van der Waals surface area contributed by atoms with Crippen LogP contribution in [0.5, 0.6) is 0 Å². The third-order valence-corrected chi connectivity index (χ3v) is 3.71. The van der Waals surface area contributed by atoms with Crippen molar-refractivity contribution in [1.29, 1.82) is 0 Å². The number of hydrogen-bond donors (Lipinski definition) is 1. The Hall–Kier alpha value is -1.13. The molecule has 2 aromatic rings. The van der Waals surface area contributed by atoms with Gasteiger partial charge in [0.15, 0.2) is 0 Å². The van der Waals surface area contributed by atoms with Gasteiger partial charge in [0.05, 0.1) is 11.9 Å². The maximum absolute atomic E-state index is 4.09. The molecule has 0 saturated heterocycles. The lowest BCUT2D eigenvalue weighted by Crippen LogP contribution is -2.29.